The summed E-state index contributed by atoms with van der Waals surface area (Å²) in [6, 6.07) is 9.80. The number of unbranched alkanes of at least 4 members (excludes halogenated alkanes) is 1. The predicted octanol–water partition coefficient (Wildman–Crippen LogP) is 4.09. The number of hydrogen-bond donors (Lipinski definition) is 3. The minimum Gasteiger partial charge on any atom is -0.490 e. The van der Waals surface area contributed by atoms with Crippen molar-refractivity contribution in [1.82, 2.24) is 15.5 Å². The summed E-state index contributed by atoms with van der Waals surface area (Å²) >= 11 is 0. The molecule has 1 aromatic carbocycles. The molecular formula is C24H36Cl2N4O3. The van der Waals surface area contributed by atoms with Gasteiger partial charge in [-0.1, -0.05) is 31.9 Å². The molecule has 1 saturated carbocycles. The molecule has 0 bridgehead atoms. The lowest BCUT2D eigenvalue weighted by Crippen LogP contribution is -2.36. The number of hydrogen-bond acceptors (Lipinski definition) is 6. The third-order valence-corrected chi connectivity index (χ3v) is 5.66. The van der Waals surface area contributed by atoms with Gasteiger partial charge in [-0.2, -0.15) is 5.10 Å². The third kappa shape index (κ3) is 8.74. The van der Waals surface area contributed by atoms with Crippen LogP contribution in [0.5, 0.6) is 5.75 Å². The van der Waals surface area contributed by atoms with Crippen LogP contribution in [0.15, 0.2) is 30.3 Å². The molecule has 1 aliphatic carbocycles. The molecule has 1 heterocycles. The molecule has 184 valence electrons. The number of nitrogens with two attached hydrogens (primary N) is 1. The third-order valence-electron chi connectivity index (χ3n) is 5.66. The Morgan fingerprint density at radius 2 is 1.88 bits per heavy atom. The van der Waals surface area contributed by atoms with Crippen LogP contribution in [0.25, 0.3) is 11.1 Å². The minimum absolute atomic E-state index is 0. The molecule has 0 unspecified atom stereocenters. The van der Waals surface area contributed by atoms with Gasteiger partial charge in [-0.3, -0.25) is 4.79 Å². The van der Waals surface area contributed by atoms with Crippen LogP contribution in [-0.2, 0) is 6.42 Å². The molecule has 2 aromatic rings. The van der Waals surface area contributed by atoms with Crippen molar-refractivity contribution in [3.05, 3.63) is 41.7 Å². The highest BCUT2D eigenvalue weighted by molar-refractivity contribution is 5.93. The fraction of sp³-hybridized carbons (Fsp3) is 0.542. The number of carbonyl (C=O) groups excluding carboxylic acids is 1. The van der Waals surface area contributed by atoms with E-state index in [9.17, 15) is 9.90 Å². The first-order chi connectivity index (χ1) is 15.1. The highest BCUT2D eigenvalue weighted by Gasteiger charge is 2.17. The van der Waals surface area contributed by atoms with Crippen LogP contribution in [0.1, 0.15) is 68.1 Å². The van der Waals surface area contributed by atoms with Crippen molar-refractivity contribution < 1.29 is 14.6 Å². The number of rotatable bonds is 10. The monoisotopic (exact) mass is 498 g/mol. The first-order valence-corrected chi connectivity index (χ1v) is 11.4. The van der Waals surface area contributed by atoms with Gasteiger partial charge in [0.05, 0.1) is 17.9 Å². The van der Waals surface area contributed by atoms with Crippen LogP contribution in [0.3, 0.4) is 0 Å². The molecule has 9 heteroatoms. The average Bonchev–Trinajstić information content (AvgIpc) is 2.82. The smallest absolute Gasteiger partial charge is 0.271 e. The molecule has 0 saturated heterocycles. The van der Waals surface area contributed by atoms with Gasteiger partial charge < -0.3 is 20.9 Å². The molecule has 1 fully saturated rings. The fourth-order valence-electron chi connectivity index (χ4n) is 3.78. The lowest BCUT2D eigenvalue weighted by molar-refractivity contribution is 0.0914. The van der Waals surface area contributed by atoms with Crippen molar-refractivity contribution in [3.63, 3.8) is 0 Å². The molecule has 1 aliphatic rings. The quantitative estimate of drug-likeness (QED) is 0.454. The molecule has 4 N–H and O–H groups in total. The number of aryl methyl sites for hydroxylation is 1. The fourth-order valence-corrected chi connectivity index (χ4v) is 3.78. The number of aromatic nitrogens is 2. The largest absolute Gasteiger partial charge is 0.490 e. The summed E-state index contributed by atoms with van der Waals surface area (Å²) in [5.74, 6) is 0.502. The van der Waals surface area contributed by atoms with E-state index in [0.717, 1.165) is 54.7 Å². The Morgan fingerprint density at radius 1 is 1.18 bits per heavy atom. The zero-order chi connectivity index (χ0) is 22.1. The Labute approximate surface area is 208 Å². The standard InChI is InChI=1S/C24H34N4O3.2ClH/c1-2-3-9-22-21(14-23(28-27-22)24(30)26-16-18(29)15-25)17-10-12-20(13-11-17)31-19-7-5-4-6-8-19;;/h10-14,18-19,29H,2-9,15-16,25H2,1H3,(H,26,30);2*1H/t18-;;/m1../s1. The first-order valence-electron chi connectivity index (χ1n) is 11.4. The van der Waals surface area contributed by atoms with Gasteiger partial charge in [0, 0.05) is 18.7 Å². The molecule has 1 amide bonds. The van der Waals surface area contributed by atoms with Gasteiger partial charge in [0.25, 0.3) is 5.91 Å². The maximum atomic E-state index is 12.5. The van der Waals surface area contributed by atoms with Gasteiger partial charge in [0.15, 0.2) is 5.69 Å². The molecule has 3 rings (SSSR count). The summed E-state index contributed by atoms with van der Waals surface area (Å²) in [7, 11) is 0. The number of benzene rings is 1. The Hall–Kier alpha value is -1.93. The minimum atomic E-state index is -0.781. The van der Waals surface area contributed by atoms with E-state index >= 15 is 0 Å². The van der Waals surface area contributed by atoms with Gasteiger partial charge in [0.1, 0.15) is 5.75 Å². The summed E-state index contributed by atoms with van der Waals surface area (Å²) in [4.78, 5) is 12.5. The number of aliphatic hydroxyl groups excluding tert-OH is 1. The normalized spacial score (nSPS) is 14.5. The van der Waals surface area contributed by atoms with Gasteiger partial charge >= 0.3 is 0 Å². The molecule has 1 aromatic heterocycles. The molecule has 0 radical (unpaired) electrons. The zero-order valence-corrected chi connectivity index (χ0v) is 20.8. The summed E-state index contributed by atoms with van der Waals surface area (Å²) in [6.45, 7) is 2.30. The average molecular weight is 499 g/mol. The highest BCUT2D eigenvalue weighted by atomic mass is 35.5. The van der Waals surface area contributed by atoms with E-state index in [1.165, 1.54) is 19.3 Å². The summed E-state index contributed by atoms with van der Waals surface area (Å²) in [6.07, 6.45) is 8.38. The van der Waals surface area contributed by atoms with Gasteiger partial charge in [-0.25, -0.2) is 0 Å². The van der Waals surface area contributed by atoms with Crippen LogP contribution in [0, 0.1) is 0 Å². The maximum Gasteiger partial charge on any atom is 0.271 e. The van der Waals surface area contributed by atoms with Crippen molar-refractivity contribution in [2.45, 2.75) is 70.5 Å². The predicted molar refractivity (Wildman–Crippen MR) is 135 cm³/mol. The summed E-state index contributed by atoms with van der Waals surface area (Å²) in [5.41, 5.74) is 8.38. The Bertz CT molecular complexity index is 846. The first kappa shape index (κ1) is 29.1. The Morgan fingerprint density at radius 3 is 2.52 bits per heavy atom. The number of nitrogens with zero attached hydrogens (tertiary/aromatic N) is 2. The number of carbonyl (C=O) groups is 1. The molecule has 33 heavy (non-hydrogen) atoms. The van der Waals surface area contributed by atoms with Gasteiger partial charge in [-0.05, 0) is 62.3 Å². The second-order valence-electron chi connectivity index (χ2n) is 8.20. The van der Waals surface area contributed by atoms with Crippen LogP contribution < -0.4 is 15.8 Å². The van der Waals surface area contributed by atoms with Crippen LogP contribution in [0.2, 0.25) is 0 Å². The van der Waals surface area contributed by atoms with Crippen LogP contribution >= 0.6 is 24.8 Å². The van der Waals surface area contributed by atoms with E-state index in [1.54, 1.807) is 6.07 Å². The lowest BCUT2D eigenvalue weighted by Gasteiger charge is -2.23. The summed E-state index contributed by atoms with van der Waals surface area (Å²) < 4.78 is 6.14. The van der Waals surface area contributed by atoms with E-state index < -0.39 is 6.10 Å². The van der Waals surface area contributed by atoms with Crippen LogP contribution in [0.4, 0.5) is 0 Å². The number of halogens is 2. The zero-order valence-electron chi connectivity index (χ0n) is 19.2. The van der Waals surface area contributed by atoms with Crippen molar-refractivity contribution in [2.75, 3.05) is 13.1 Å². The topological polar surface area (TPSA) is 110 Å². The van der Waals surface area contributed by atoms with Crippen molar-refractivity contribution in [2.24, 2.45) is 5.73 Å². The Balaban J connectivity index is 0.00000272. The van der Waals surface area contributed by atoms with Crippen LogP contribution in [-0.4, -0.2) is 46.5 Å². The van der Waals surface area contributed by atoms with Crippen molar-refractivity contribution in [3.8, 4) is 16.9 Å². The lowest BCUT2D eigenvalue weighted by atomic mass is 9.97. The number of ether oxygens (including phenoxy) is 1. The molecule has 0 spiro atoms. The highest BCUT2D eigenvalue weighted by Crippen LogP contribution is 2.28. The van der Waals surface area contributed by atoms with Gasteiger partial charge in [0.2, 0.25) is 0 Å². The molecule has 0 aliphatic heterocycles. The number of aliphatic hydroxyl groups is 1. The van der Waals surface area contributed by atoms with E-state index in [4.69, 9.17) is 10.5 Å². The van der Waals surface area contributed by atoms with Gasteiger partial charge in [-0.15, -0.1) is 29.9 Å². The SMILES string of the molecule is CCCCc1nnc(C(=O)NC[C@H](O)CN)cc1-c1ccc(OC2CCCCC2)cc1.Cl.Cl. The summed E-state index contributed by atoms with van der Waals surface area (Å²) in [5, 5.41) is 20.7. The van der Waals surface area contributed by atoms with E-state index in [1.807, 2.05) is 24.3 Å². The number of amides is 1. The maximum absolute atomic E-state index is 12.5. The second kappa shape index (κ2) is 15.1. The van der Waals surface area contributed by atoms with E-state index in [2.05, 4.69) is 22.4 Å². The number of nitrogens with one attached hydrogen (secondary N) is 1. The molecular weight excluding hydrogens is 463 g/mol. The Kier molecular flexibility index (Phi) is 13.3. The second-order valence-corrected chi connectivity index (χ2v) is 8.20. The molecule has 7 nitrogen and oxygen atoms in total. The van der Waals surface area contributed by atoms with E-state index in [-0.39, 0.29) is 49.5 Å². The van der Waals surface area contributed by atoms with E-state index in [0.29, 0.717) is 6.10 Å². The van der Waals surface area contributed by atoms with Crippen molar-refractivity contribution in [1.29, 1.82) is 0 Å². The van der Waals surface area contributed by atoms with Crippen molar-refractivity contribution >= 4 is 30.7 Å². The molecule has 1 atom stereocenters.